The number of anilines is 2. The van der Waals surface area contributed by atoms with Gasteiger partial charge in [-0.25, -0.2) is 0 Å². The minimum Gasteiger partial charge on any atom is -0.465 e. The van der Waals surface area contributed by atoms with E-state index in [-0.39, 0.29) is 36.4 Å². The smallest absolute Gasteiger partial charge is 0.325 e. The molecule has 2 aromatic heterocycles. The van der Waals surface area contributed by atoms with Gasteiger partial charge in [0.1, 0.15) is 23.5 Å². The van der Waals surface area contributed by atoms with Crippen molar-refractivity contribution in [3.63, 3.8) is 0 Å². The summed E-state index contributed by atoms with van der Waals surface area (Å²) in [5, 5.41) is 31.6. The number of carbonyl (C=O) groups is 4. The maximum Gasteiger partial charge on any atom is 0.325 e. The molecule has 0 aliphatic heterocycles. The first-order valence-electron chi connectivity index (χ1n) is 19.9. The maximum atomic E-state index is 13.6. The Bertz CT molecular complexity index is 2000. The van der Waals surface area contributed by atoms with Crippen molar-refractivity contribution < 1.29 is 38.9 Å². The molecule has 0 saturated heterocycles. The molecule has 2 fully saturated rings. The van der Waals surface area contributed by atoms with Crippen molar-refractivity contribution in [2.24, 2.45) is 0 Å². The summed E-state index contributed by atoms with van der Waals surface area (Å²) in [5.41, 5.74) is 8.92. The third-order valence-corrected chi connectivity index (χ3v) is 10.6. The van der Waals surface area contributed by atoms with Crippen LogP contribution in [0.2, 0.25) is 0 Å². The van der Waals surface area contributed by atoms with Crippen LogP contribution in [0.5, 0.6) is 0 Å². The number of benzene rings is 2. The Morgan fingerprint density at radius 1 is 0.672 bits per heavy atom. The molecule has 14 nitrogen and oxygen atoms in total. The second-order valence-corrected chi connectivity index (χ2v) is 14.7. The number of amides is 2. The number of esters is 2. The van der Waals surface area contributed by atoms with Gasteiger partial charge in [0.2, 0.25) is 0 Å². The highest BCUT2D eigenvalue weighted by Gasteiger charge is 2.30. The van der Waals surface area contributed by atoms with E-state index in [2.05, 4.69) is 31.2 Å². The Labute approximate surface area is 338 Å². The summed E-state index contributed by atoms with van der Waals surface area (Å²) in [4.78, 5) is 60.5. The van der Waals surface area contributed by atoms with Crippen molar-refractivity contribution in [2.75, 3.05) is 37.1 Å². The number of carbonyl (C=O) groups excluding carboxylic acids is 4. The van der Waals surface area contributed by atoms with E-state index >= 15 is 0 Å². The second-order valence-electron chi connectivity index (χ2n) is 14.7. The molecule has 6 N–H and O–H groups in total. The highest BCUT2D eigenvalue weighted by atomic mass is 16.5. The van der Waals surface area contributed by atoms with Crippen LogP contribution in [0.3, 0.4) is 0 Å². The Morgan fingerprint density at radius 2 is 1.07 bits per heavy atom. The van der Waals surface area contributed by atoms with Crippen molar-refractivity contribution in [3.8, 4) is 11.1 Å². The average molecular weight is 793 g/mol. The minimum absolute atomic E-state index is 0.216. The largest absolute Gasteiger partial charge is 0.465 e. The fourth-order valence-corrected chi connectivity index (χ4v) is 6.99. The quantitative estimate of drug-likeness (QED) is 0.0692. The summed E-state index contributed by atoms with van der Waals surface area (Å²) in [6.07, 6.45) is 7.28. The predicted octanol–water partition coefficient (Wildman–Crippen LogP) is 5.05. The lowest BCUT2D eigenvalue weighted by Crippen LogP contribution is -2.40. The Morgan fingerprint density at radius 3 is 1.41 bits per heavy atom. The van der Waals surface area contributed by atoms with Crippen LogP contribution < -0.4 is 21.3 Å². The number of nitrogens with zero attached hydrogens (tertiary/aromatic N) is 2. The number of aliphatic hydroxyl groups excluding tert-OH is 2. The van der Waals surface area contributed by atoms with E-state index in [9.17, 15) is 29.4 Å². The molecule has 2 atom stereocenters. The number of hydrogen-bond donors (Lipinski definition) is 6. The summed E-state index contributed by atoms with van der Waals surface area (Å²) in [6.45, 7) is 7.51. The van der Waals surface area contributed by atoms with Crippen molar-refractivity contribution in [3.05, 3.63) is 106 Å². The fraction of sp³-hybridized carbons (Fsp3) is 0.409. The van der Waals surface area contributed by atoms with Gasteiger partial charge >= 0.3 is 11.9 Å². The van der Waals surface area contributed by atoms with Gasteiger partial charge in [-0.3, -0.25) is 39.8 Å². The lowest BCUT2D eigenvalue weighted by Gasteiger charge is -2.18. The van der Waals surface area contributed by atoms with Crippen LogP contribution in [-0.2, 0) is 32.2 Å². The monoisotopic (exact) mass is 792 g/mol. The summed E-state index contributed by atoms with van der Waals surface area (Å²) >= 11 is 0. The summed E-state index contributed by atoms with van der Waals surface area (Å²) in [7, 11) is 0. The van der Waals surface area contributed by atoms with Crippen LogP contribution >= 0.6 is 0 Å². The van der Waals surface area contributed by atoms with Crippen LogP contribution in [0.4, 0.5) is 11.4 Å². The summed E-state index contributed by atoms with van der Waals surface area (Å²) in [6, 6.07) is 13.3. The van der Waals surface area contributed by atoms with Gasteiger partial charge in [-0.05, 0) is 134 Å². The van der Waals surface area contributed by atoms with Gasteiger partial charge in [0.15, 0.2) is 0 Å². The van der Waals surface area contributed by atoms with Crippen LogP contribution in [0.1, 0.15) is 106 Å². The standard InChI is InChI=1S/C44H52N6O8/c1-5-57-43(55)39(23-51)47-21-29-19-45-37(17-33(29)27-13-14-27)41(53)49-35-11-7-9-31(25(35)3)32-10-8-12-36(26(32)4)50-42(54)38-18-34(28-15-16-28)30(20-46-38)22-48-40(24-52)44(56)58-6-2/h7-12,17-20,27-28,39-40,47-48,51-52H,5-6,13-16,21-24H2,1-4H3,(H,49,53)(H,50,54)/t39-,40-/m0/s1. The molecule has 0 bridgehead atoms. The van der Waals surface area contributed by atoms with Gasteiger partial charge in [-0.2, -0.15) is 0 Å². The molecular formula is C44H52N6O8. The molecule has 2 saturated carbocycles. The summed E-state index contributed by atoms with van der Waals surface area (Å²) < 4.78 is 10.1. The van der Waals surface area contributed by atoms with Crippen molar-refractivity contribution in [2.45, 2.75) is 90.4 Å². The molecule has 2 heterocycles. The number of nitrogens with one attached hydrogen (secondary N) is 4. The molecular weight excluding hydrogens is 741 g/mol. The molecule has 0 unspecified atom stereocenters. The molecule has 0 spiro atoms. The number of ether oxygens (including phenoxy) is 2. The van der Waals surface area contributed by atoms with Gasteiger partial charge in [0.05, 0.1) is 26.4 Å². The molecule has 2 aliphatic rings. The highest BCUT2D eigenvalue weighted by molar-refractivity contribution is 6.05. The van der Waals surface area contributed by atoms with Gasteiger partial charge in [0, 0.05) is 36.9 Å². The molecule has 6 rings (SSSR count). The number of hydrogen-bond acceptors (Lipinski definition) is 12. The molecule has 2 amide bonds. The number of rotatable bonds is 19. The van der Waals surface area contributed by atoms with Gasteiger partial charge in [0.25, 0.3) is 11.8 Å². The van der Waals surface area contributed by atoms with E-state index in [0.717, 1.165) is 70.2 Å². The third-order valence-electron chi connectivity index (χ3n) is 10.6. The Balaban J connectivity index is 1.15. The Hall–Kier alpha value is -5.54. The molecule has 58 heavy (non-hydrogen) atoms. The van der Waals surface area contributed by atoms with Crippen LogP contribution in [0.25, 0.3) is 11.1 Å². The highest BCUT2D eigenvalue weighted by Crippen LogP contribution is 2.43. The van der Waals surface area contributed by atoms with E-state index in [1.807, 2.05) is 62.4 Å². The molecule has 0 radical (unpaired) electrons. The minimum atomic E-state index is -0.858. The molecule has 14 heteroatoms. The zero-order chi connectivity index (χ0) is 41.3. The molecule has 306 valence electrons. The van der Waals surface area contributed by atoms with Crippen LogP contribution in [0.15, 0.2) is 60.9 Å². The Kier molecular flexibility index (Phi) is 14.0. The lowest BCUT2D eigenvalue weighted by molar-refractivity contribution is -0.147. The predicted molar refractivity (Wildman–Crippen MR) is 218 cm³/mol. The van der Waals surface area contributed by atoms with Gasteiger partial charge < -0.3 is 30.3 Å². The normalized spacial score (nSPS) is 14.7. The zero-order valence-electron chi connectivity index (χ0n) is 33.4. The number of aromatic nitrogens is 2. The van der Waals surface area contributed by atoms with Crippen molar-refractivity contribution >= 4 is 35.1 Å². The van der Waals surface area contributed by atoms with Gasteiger partial charge in [-0.1, -0.05) is 24.3 Å². The van der Waals surface area contributed by atoms with E-state index in [1.54, 1.807) is 26.2 Å². The van der Waals surface area contributed by atoms with Crippen molar-refractivity contribution in [1.82, 2.24) is 20.6 Å². The van der Waals surface area contributed by atoms with Crippen LogP contribution in [0, 0.1) is 13.8 Å². The second kappa shape index (κ2) is 19.3. The van der Waals surface area contributed by atoms with Crippen LogP contribution in [-0.4, -0.2) is 82.4 Å². The molecule has 4 aromatic rings. The lowest BCUT2D eigenvalue weighted by atomic mass is 9.94. The SMILES string of the molecule is CCOC(=O)[C@H](CO)NCc1cnc(C(=O)Nc2cccc(-c3cccc(NC(=O)c4cc(C5CC5)c(CN[C@@H](CO)C(=O)OCC)cn4)c3C)c2C)cc1C1CC1. The number of pyridine rings is 2. The molecule has 2 aromatic carbocycles. The van der Waals surface area contributed by atoms with E-state index in [1.165, 1.54) is 0 Å². The topological polar surface area (TPSA) is 201 Å². The first-order valence-corrected chi connectivity index (χ1v) is 19.9. The van der Waals surface area contributed by atoms with Gasteiger partial charge in [-0.15, -0.1) is 0 Å². The first-order chi connectivity index (χ1) is 28.1. The maximum absolute atomic E-state index is 13.6. The third kappa shape index (κ3) is 10.1. The van der Waals surface area contributed by atoms with E-state index in [4.69, 9.17) is 9.47 Å². The zero-order valence-corrected chi connectivity index (χ0v) is 33.4. The molecule has 2 aliphatic carbocycles. The first kappa shape index (κ1) is 42.1. The van der Waals surface area contributed by atoms with Crippen molar-refractivity contribution in [1.29, 1.82) is 0 Å². The average Bonchev–Trinajstić information content (AvgIpc) is 4.16. The fourth-order valence-electron chi connectivity index (χ4n) is 6.99. The van der Waals surface area contributed by atoms with E-state index in [0.29, 0.717) is 36.3 Å². The van der Waals surface area contributed by atoms with E-state index < -0.39 is 37.2 Å². The summed E-state index contributed by atoms with van der Waals surface area (Å²) in [5.74, 6) is -1.16. The number of aliphatic hydroxyl groups is 2.